The fourth-order valence-electron chi connectivity index (χ4n) is 2.20. The summed E-state index contributed by atoms with van der Waals surface area (Å²) in [7, 11) is 0. The molecule has 0 aromatic rings. The molecule has 3 nitrogen and oxygen atoms in total. The first-order valence-electron chi connectivity index (χ1n) is 4.37. The molecule has 0 heterocycles. The van der Waals surface area contributed by atoms with Gasteiger partial charge in [0, 0.05) is 0 Å². The number of fused-ring (bicyclic) bond motifs is 2. The molecular weight excluding hydrogens is 168 g/mol. The summed E-state index contributed by atoms with van der Waals surface area (Å²) in [5.74, 6) is 1.66. The quantitative estimate of drug-likeness (QED) is 0.276. The van der Waals surface area contributed by atoms with Crippen molar-refractivity contribution in [2.24, 2.45) is 11.3 Å². The Balaban J connectivity index is 2.11. The molecule has 0 N–H and O–H groups in total. The van der Waals surface area contributed by atoms with Gasteiger partial charge in [0.15, 0.2) is 12.2 Å². The average Bonchev–Trinajstić information content (AvgIpc) is 2.74. The van der Waals surface area contributed by atoms with Crippen molar-refractivity contribution in [2.45, 2.75) is 19.3 Å². The smallest absolute Gasteiger partial charge is 0.321 e. The van der Waals surface area contributed by atoms with Crippen LogP contribution in [0.2, 0.25) is 0 Å². The molecule has 2 bridgehead atoms. The molecule has 1 saturated carbocycles. The molecule has 2 aliphatic rings. The Kier molecular flexibility index (Phi) is 1.82. The van der Waals surface area contributed by atoms with E-state index in [9.17, 15) is 9.59 Å². The van der Waals surface area contributed by atoms with Crippen LogP contribution in [0, 0.1) is 11.3 Å². The van der Waals surface area contributed by atoms with E-state index in [1.807, 2.05) is 6.08 Å². The molecule has 2 aliphatic carbocycles. The monoisotopic (exact) mass is 178 g/mol. The number of carbonyl (C=O) groups excluding carboxylic acids is 2. The minimum Gasteiger partial charge on any atom is -0.422 e. The number of ether oxygens (including phenoxy) is 1. The van der Waals surface area contributed by atoms with E-state index in [1.165, 1.54) is 5.94 Å². The van der Waals surface area contributed by atoms with E-state index in [-0.39, 0.29) is 5.97 Å². The second kappa shape index (κ2) is 2.86. The predicted octanol–water partition coefficient (Wildman–Crippen LogP) is 1.23. The normalized spacial score (nSPS) is 34.3. The third kappa shape index (κ3) is 1.21. The zero-order valence-electron chi connectivity index (χ0n) is 7.16. The lowest BCUT2D eigenvalue weighted by Crippen LogP contribution is -2.25. The number of esters is 1. The summed E-state index contributed by atoms with van der Waals surface area (Å²) in [5.41, 5.74) is -0.433. The van der Waals surface area contributed by atoms with Crippen molar-refractivity contribution in [3.63, 3.8) is 0 Å². The van der Waals surface area contributed by atoms with Gasteiger partial charge >= 0.3 is 5.97 Å². The average molecular weight is 178 g/mol. The summed E-state index contributed by atoms with van der Waals surface area (Å²) in [4.78, 5) is 21.4. The number of hydrogen-bond donors (Lipinski definition) is 0. The van der Waals surface area contributed by atoms with Gasteiger partial charge in [-0.25, -0.2) is 4.79 Å². The van der Waals surface area contributed by atoms with Crippen molar-refractivity contribution in [2.75, 3.05) is 0 Å². The minimum atomic E-state index is -0.433. The highest BCUT2D eigenvalue weighted by Crippen LogP contribution is 2.49. The zero-order chi connectivity index (χ0) is 9.31. The van der Waals surface area contributed by atoms with Gasteiger partial charge in [0.1, 0.15) is 0 Å². The van der Waals surface area contributed by atoms with Crippen LogP contribution in [0.5, 0.6) is 0 Å². The number of rotatable bonds is 2. The van der Waals surface area contributed by atoms with Crippen molar-refractivity contribution in [3.05, 3.63) is 18.4 Å². The van der Waals surface area contributed by atoms with Gasteiger partial charge in [0.2, 0.25) is 0 Å². The SMILES string of the molecule is O=C=COC(=O)C12C=CC(CC1)C2. The van der Waals surface area contributed by atoms with Crippen molar-refractivity contribution in [1.82, 2.24) is 0 Å². The van der Waals surface area contributed by atoms with E-state index in [4.69, 9.17) is 0 Å². The highest BCUT2D eigenvalue weighted by Gasteiger charge is 2.47. The molecule has 0 radical (unpaired) electrons. The van der Waals surface area contributed by atoms with Crippen LogP contribution < -0.4 is 0 Å². The van der Waals surface area contributed by atoms with E-state index < -0.39 is 5.41 Å². The first kappa shape index (κ1) is 8.27. The van der Waals surface area contributed by atoms with Crippen LogP contribution in [-0.2, 0) is 14.3 Å². The van der Waals surface area contributed by atoms with E-state index in [1.54, 1.807) is 0 Å². The first-order chi connectivity index (χ1) is 6.27. The lowest BCUT2D eigenvalue weighted by Gasteiger charge is -2.18. The number of allylic oxidation sites excluding steroid dienone is 1. The largest absolute Gasteiger partial charge is 0.422 e. The minimum absolute atomic E-state index is 0.313. The Labute approximate surface area is 76.1 Å². The Bertz CT molecular complexity index is 312. The Morgan fingerprint density at radius 3 is 3.00 bits per heavy atom. The van der Waals surface area contributed by atoms with Crippen LogP contribution in [0.4, 0.5) is 0 Å². The molecule has 3 heteroatoms. The molecule has 0 amide bonds. The van der Waals surface area contributed by atoms with Gasteiger partial charge in [0.25, 0.3) is 0 Å². The molecule has 2 rings (SSSR count). The maximum absolute atomic E-state index is 11.5. The van der Waals surface area contributed by atoms with E-state index in [0.29, 0.717) is 5.92 Å². The summed E-state index contributed by atoms with van der Waals surface area (Å²) in [5, 5.41) is 0. The van der Waals surface area contributed by atoms with Gasteiger partial charge in [0.05, 0.1) is 5.41 Å². The first-order valence-corrected chi connectivity index (χ1v) is 4.37. The second-order valence-electron chi connectivity index (χ2n) is 3.66. The van der Waals surface area contributed by atoms with Crippen molar-refractivity contribution in [1.29, 1.82) is 0 Å². The van der Waals surface area contributed by atoms with Gasteiger partial charge in [-0.3, -0.25) is 4.79 Å². The summed E-state index contributed by atoms with van der Waals surface area (Å²) in [6.45, 7) is 0. The van der Waals surface area contributed by atoms with Gasteiger partial charge < -0.3 is 4.74 Å². The van der Waals surface area contributed by atoms with Gasteiger partial charge in [-0.1, -0.05) is 12.2 Å². The molecule has 0 aromatic heterocycles. The van der Waals surface area contributed by atoms with Crippen LogP contribution in [0.3, 0.4) is 0 Å². The fraction of sp³-hybridized carbons (Fsp3) is 0.500. The molecule has 2 atom stereocenters. The topological polar surface area (TPSA) is 43.4 Å². The number of hydrogen-bond acceptors (Lipinski definition) is 3. The Morgan fingerprint density at radius 2 is 2.54 bits per heavy atom. The van der Waals surface area contributed by atoms with Crippen LogP contribution in [0.25, 0.3) is 0 Å². The maximum Gasteiger partial charge on any atom is 0.321 e. The van der Waals surface area contributed by atoms with E-state index >= 15 is 0 Å². The summed E-state index contributed by atoms with van der Waals surface area (Å²) < 4.78 is 4.66. The molecule has 2 unspecified atom stereocenters. The van der Waals surface area contributed by atoms with Crippen LogP contribution in [0.15, 0.2) is 18.4 Å². The van der Waals surface area contributed by atoms with Crippen molar-refractivity contribution < 1.29 is 14.3 Å². The molecule has 1 fully saturated rings. The Morgan fingerprint density at radius 1 is 1.69 bits per heavy atom. The third-order valence-corrected chi connectivity index (χ3v) is 2.90. The molecule has 0 aliphatic heterocycles. The molecular formula is C10H10O3. The molecule has 0 aromatic carbocycles. The zero-order valence-corrected chi connectivity index (χ0v) is 7.16. The van der Waals surface area contributed by atoms with Gasteiger partial charge in [-0.05, 0) is 25.2 Å². The molecule has 68 valence electrons. The lowest BCUT2D eigenvalue weighted by atomic mass is 9.88. The third-order valence-electron chi connectivity index (χ3n) is 2.90. The molecule has 13 heavy (non-hydrogen) atoms. The summed E-state index contributed by atoms with van der Waals surface area (Å²) in [6, 6.07) is 0. The highest BCUT2D eigenvalue weighted by atomic mass is 16.5. The van der Waals surface area contributed by atoms with Crippen molar-refractivity contribution >= 4 is 11.9 Å². The van der Waals surface area contributed by atoms with Crippen LogP contribution >= 0.6 is 0 Å². The molecule has 0 saturated heterocycles. The lowest BCUT2D eigenvalue weighted by molar-refractivity contribution is -0.146. The fourth-order valence-corrected chi connectivity index (χ4v) is 2.20. The summed E-state index contributed by atoms with van der Waals surface area (Å²) in [6.07, 6.45) is 7.52. The van der Waals surface area contributed by atoms with Crippen LogP contribution in [-0.4, -0.2) is 11.9 Å². The summed E-state index contributed by atoms with van der Waals surface area (Å²) >= 11 is 0. The number of carbonyl (C=O) groups is 1. The molecule has 0 spiro atoms. The highest BCUT2D eigenvalue weighted by molar-refractivity contribution is 5.81. The second-order valence-corrected chi connectivity index (χ2v) is 3.66. The van der Waals surface area contributed by atoms with Crippen LogP contribution in [0.1, 0.15) is 19.3 Å². The maximum atomic E-state index is 11.5. The predicted molar refractivity (Wildman–Crippen MR) is 45.3 cm³/mol. The standard InChI is InChI=1S/C10H10O3/c11-5-6-13-9(12)10-3-1-8(7-10)2-4-10/h1,3,6,8H,2,4,7H2. The van der Waals surface area contributed by atoms with Gasteiger partial charge in [-0.2, -0.15) is 0 Å². The van der Waals surface area contributed by atoms with Gasteiger partial charge in [-0.15, -0.1) is 0 Å². The van der Waals surface area contributed by atoms with E-state index in [0.717, 1.165) is 25.5 Å². The van der Waals surface area contributed by atoms with Crippen molar-refractivity contribution in [3.8, 4) is 0 Å². The van der Waals surface area contributed by atoms with E-state index in [2.05, 4.69) is 10.8 Å². The Hall–Kier alpha value is -1.34.